The number of aliphatic imine (C=N–C) groups is 1. The molecule has 21 heavy (non-hydrogen) atoms. The molecule has 1 saturated heterocycles. The molecule has 0 amide bonds. The number of likely N-dealkylation sites (tertiary alicyclic amines) is 1. The SMILES string of the molecule is CN=C(NCC(c1ccco1)N1CCCC1)NC(C)C.I. The molecule has 0 radical (unpaired) electrons. The van der Waals surface area contributed by atoms with E-state index in [0.717, 1.165) is 31.4 Å². The maximum absolute atomic E-state index is 5.61. The van der Waals surface area contributed by atoms with Gasteiger partial charge in [-0.05, 0) is 51.9 Å². The van der Waals surface area contributed by atoms with Gasteiger partial charge < -0.3 is 15.1 Å². The van der Waals surface area contributed by atoms with Crippen LogP contribution >= 0.6 is 24.0 Å². The van der Waals surface area contributed by atoms with Crippen LogP contribution in [0, 0.1) is 0 Å². The zero-order valence-corrected chi connectivity index (χ0v) is 15.5. The zero-order chi connectivity index (χ0) is 14.4. The van der Waals surface area contributed by atoms with E-state index in [4.69, 9.17) is 4.42 Å². The third-order valence-electron chi connectivity index (χ3n) is 3.56. The van der Waals surface area contributed by atoms with E-state index in [1.807, 2.05) is 6.07 Å². The van der Waals surface area contributed by atoms with Crippen LogP contribution in [0.15, 0.2) is 27.8 Å². The first-order valence-corrected chi connectivity index (χ1v) is 7.45. The van der Waals surface area contributed by atoms with Crippen molar-refractivity contribution in [1.29, 1.82) is 0 Å². The lowest BCUT2D eigenvalue weighted by molar-refractivity contribution is 0.215. The summed E-state index contributed by atoms with van der Waals surface area (Å²) < 4.78 is 5.61. The number of nitrogens with zero attached hydrogens (tertiary/aromatic N) is 2. The molecule has 1 aromatic heterocycles. The predicted octanol–water partition coefficient (Wildman–Crippen LogP) is 2.61. The molecule has 120 valence electrons. The Bertz CT molecular complexity index is 413. The van der Waals surface area contributed by atoms with Gasteiger partial charge in [-0.3, -0.25) is 9.89 Å². The Morgan fingerprint density at radius 1 is 1.38 bits per heavy atom. The second kappa shape index (κ2) is 9.30. The van der Waals surface area contributed by atoms with Crippen molar-refractivity contribution in [2.45, 2.75) is 38.8 Å². The van der Waals surface area contributed by atoms with Gasteiger partial charge in [0.25, 0.3) is 0 Å². The summed E-state index contributed by atoms with van der Waals surface area (Å²) in [6.45, 7) is 7.31. The van der Waals surface area contributed by atoms with E-state index in [-0.39, 0.29) is 30.0 Å². The molecule has 1 atom stereocenters. The second-order valence-electron chi connectivity index (χ2n) is 5.53. The van der Waals surface area contributed by atoms with Crippen LogP contribution in [-0.2, 0) is 0 Å². The number of guanidine groups is 1. The lowest BCUT2D eigenvalue weighted by Gasteiger charge is -2.27. The lowest BCUT2D eigenvalue weighted by atomic mass is 10.2. The number of hydrogen-bond donors (Lipinski definition) is 2. The summed E-state index contributed by atoms with van der Waals surface area (Å²) in [4.78, 5) is 6.73. The smallest absolute Gasteiger partial charge is 0.191 e. The van der Waals surface area contributed by atoms with Gasteiger partial charge in [0, 0.05) is 19.6 Å². The number of hydrogen-bond acceptors (Lipinski definition) is 3. The Hall–Kier alpha value is -0.760. The Morgan fingerprint density at radius 3 is 2.62 bits per heavy atom. The molecule has 1 aromatic rings. The van der Waals surface area contributed by atoms with E-state index in [9.17, 15) is 0 Å². The molecule has 1 aliphatic rings. The molecule has 2 N–H and O–H groups in total. The molecule has 0 saturated carbocycles. The molecule has 2 heterocycles. The molecule has 0 aromatic carbocycles. The van der Waals surface area contributed by atoms with Crippen LogP contribution in [0.2, 0.25) is 0 Å². The fourth-order valence-electron chi connectivity index (χ4n) is 2.61. The van der Waals surface area contributed by atoms with Crippen LogP contribution in [0.5, 0.6) is 0 Å². The minimum absolute atomic E-state index is 0. The van der Waals surface area contributed by atoms with Crippen molar-refractivity contribution in [3.8, 4) is 0 Å². The monoisotopic (exact) mass is 406 g/mol. The molecule has 5 nitrogen and oxygen atoms in total. The minimum Gasteiger partial charge on any atom is -0.468 e. The molecular formula is C15H27IN4O. The van der Waals surface area contributed by atoms with E-state index in [0.29, 0.717) is 6.04 Å². The summed E-state index contributed by atoms with van der Waals surface area (Å²) in [5.74, 6) is 1.87. The quantitative estimate of drug-likeness (QED) is 0.449. The van der Waals surface area contributed by atoms with Crippen LogP contribution < -0.4 is 10.6 Å². The van der Waals surface area contributed by atoms with Crippen LogP contribution in [0.3, 0.4) is 0 Å². The second-order valence-corrected chi connectivity index (χ2v) is 5.53. The highest BCUT2D eigenvalue weighted by Gasteiger charge is 2.25. The summed E-state index contributed by atoms with van der Waals surface area (Å²) in [5, 5.41) is 6.71. The van der Waals surface area contributed by atoms with Gasteiger partial charge in [-0.15, -0.1) is 24.0 Å². The van der Waals surface area contributed by atoms with E-state index in [1.165, 1.54) is 12.8 Å². The van der Waals surface area contributed by atoms with Crippen LogP contribution in [0.25, 0.3) is 0 Å². The Labute approximate surface area is 144 Å². The number of halogens is 1. The van der Waals surface area contributed by atoms with Crippen molar-refractivity contribution in [2.75, 3.05) is 26.7 Å². The fourth-order valence-corrected chi connectivity index (χ4v) is 2.61. The van der Waals surface area contributed by atoms with E-state index < -0.39 is 0 Å². The summed E-state index contributed by atoms with van der Waals surface area (Å²) in [6.07, 6.45) is 4.30. The molecule has 2 rings (SSSR count). The molecule has 0 spiro atoms. The maximum atomic E-state index is 5.61. The third kappa shape index (κ3) is 5.50. The average Bonchev–Trinajstić information content (AvgIpc) is 3.10. The van der Waals surface area contributed by atoms with Crippen molar-refractivity contribution in [2.24, 2.45) is 4.99 Å². The molecule has 1 aliphatic heterocycles. The van der Waals surface area contributed by atoms with Crippen molar-refractivity contribution < 1.29 is 4.42 Å². The molecule has 0 bridgehead atoms. The average molecular weight is 406 g/mol. The highest BCUT2D eigenvalue weighted by atomic mass is 127. The number of furan rings is 1. The van der Waals surface area contributed by atoms with Gasteiger partial charge in [0.1, 0.15) is 5.76 Å². The van der Waals surface area contributed by atoms with Crippen molar-refractivity contribution in [3.05, 3.63) is 24.2 Å². The van der Waals surface area contributed by atoms with Gasteiger partial charge in [-0.2, -0.15) is 0 Å². The highest BCUT2D eigenvalue weighted by molar-refractivity contribution is 14.0. The summed E-state index contributed by atoms with van der Waals surface area (Å²) in [7, 11) is 1.80. The van der Waals surface area contributed by atoms with Gasteiger partial charge >= 0.3 is 0 Å². The lowest BCUT2D eigenvalue weighted by Crippen LogP contribution is -2.44. The first-order valence-electron chi connectivity index (χ1n) is 7.45. The van der Waals surface area contributed by atoms with Crippen LogP contribution in [0.1, 0.15) is 38.5 Å². The predicted molar refractivity (Wildman–Crippen MR) is 97.3 cm³/mol. The largest absolute Gasteiger partial charge is 0.468 e. The third-order valence-corrected chi connectivity index (χ3v) is 3.56. The molecule has 1 fully saturated rings. The molecule has 1 unspecified atom stereocenters. The topological polar surface area (TPSA) is 52.8 Å². The van der Waals surface area contributed by atoms with Crippen molar-refractivity contribution >= 4 is 29.9 Å². The van der Waals surface area contributed by atoms with Crippen molar-refractivity contribution in [1.82, 2.24) is 15.5 Å². The first-order chi connectivity index (χ1) is 9.70. The summed E-state index contributed by atoms with van der Waals surface area (Å²) in [6, 6.07) is 4.66. The standard InChI is InChI=1S/C15H26N4O.HI/c1-12(2)18-15(16-3)17-11-13(14-7-6-10-20-14)19-8-4-5-9-19;/h6-7,10,12-13H,4-5,8-9,11H2,1-3H3,(H2,16,17,18);1H. The highest BCUT2D eigenvalue weighted by Crippen LogP contribution is 2.24. The van der Waals surface area contributed by atoms with Gasteiger partial charge in [-0.25, -0.2) is 0 Å². The van der Waals surface area contributed by atoms with Crippen LogP contribution in [0.4, 0.5) is 0 Å². The van der Waals surface area contributed by atoms with Gasteiger partial charge in [-0.1, -0.05) is 0 Å². The molecule has 0 aliphatic carbocycles. The molecular weight excluding hydrogens is 379 g/mol. The summed E-state index contributed by atoms with van der Waals surface area (Å²) >= 11 is 0. The van der Waals surface area contributed by atoms with E-state index >= 15 is 0 Å². The normalized spacial score (nSPS) is 17.6. The van der Waals surface area contributed by atoms with Gasteiger partial charge in [0.05, 0.1) is 12.3 Å². The van der Waals surface area contributed by atoms with E-state index in [1.54, 1.807) is 13.3 Å². The first kappa shape index (κ1) is 18.3. The van der Waals surface area contributed by atoms with Gasteiger partial charge in [0.15, 0.2) is 5.96 Å². The minimum atomic E-state index is 0. The van der Waals surface area contributed by atoms with E-state index in [2.05, 4.69) is 40.4 Å². The fraction of sp³-hybridized carbons (Fsp3) is 0.667. The van der Waals surface area contributed by atoms with Crippen LogP contribution in [-0.4, -0.2) is 43.6 Å². The van der Waals surface area contributed by atoms with Gasteiger partial charge in [0.2, 0.25) is 0 Å². The Kier molecular flexibility index (Phi) is 8.10. The Balaban J connectivity index is 0.00000220. The number of nitrogens with one attached hydrogen (secondary N) is 2. The zero-order valence-electron chi connectivity index (χ0n) is 13.1. The maximum Gasteiger partial charge on any atom is 0.191 e. The number of rotatable bonds is 5. The Morgan fingerprint density at radius 2 is 2.10 bits per heavy atom. The van der Waals surface area contributed by atoms with Crippen molar-refractivity contribution in [3.63, 3.8) is 0 Å². The summed E-state index contributed by atoms with van der Waals surface area (Å²) in [5.41, 5.74) is 0. The molecule has 6 heteroatoms.